The first-order valence-electron chi connectivity index (χ1n) is 5.24. The Balaban J connectivity index is 2.16. The molecule has 0 spiro atoms. The first-order chi connectivity index (χ1) is 8.56. The fourth-order valence-corrected chi connectivity index (χ4v) is 2.32. The molecule has 0 saturated heterocycles. The molecule has 0 aliphatic heterocycles. The largest absolute Gasteiger partial charge is 0.440 e. The highest BCUT2D eigenvalue weighted by molar-refractivity contribution is 7.98. The molecule has 0 unspecified atom stereocenters. The predicted molar refractivity (Wildman–Crippen MR) is 68.2 cm³/mol. The second-order valence-electron chi connectivity index (χ2n) is 3.76. The number of thioether (sulfide) groups is 1. The summed E-state index contributed by atoms with van der Waals surface area (Å²) in [6.07, 6.45) is 1.57. The third-order valence-corrected chi connectivity index (χ3v) is 3.20. The summed E-state index contributed by atoms with van der Waals surface area (Å²) in [6, 6.07) is 4.23. The van der Waals surface area contributed by atoms with Gasteiger partial charge in [-0.2, -0.15) is 0 Å². The Morgan fingerprint density at radius 2 is 2.33 bits per heavy atom. The summed E-state index contributed by atoms with van der Waals surface area (Å²) in [5.41, 5.74) is 7.42. The Morgan fingerprint density at radius 3 is 2.94 bits per heavy atom. The number of amidine groups is 1. The quantitative estimate of drug-likeness (QED) is 0.506. The Morgan fingerprint density at radius 1 is 1.56 bits per heavy atom. The Bertz CT molecular complexity index is 582. The fourth-order valence-electron chi connectivity index (χ4n) is 1.46. The lowest BCUT2D eigenvalue weighted by Gasteiger charge is -2.06. The number of nitrogens with two attached hydrogens (primary N) is 1. The van der Waals surface area contributed by atoms with Crippen LogP contribution < -0.4 is 5.73 Å². The first kappa shape index (κ1) is 12.6. The number of aryl methyl sites for hydroxylation is 1. The van der Waals surface area contributed by atoms with E-state index in [-0.39, 0.29) is 5.84 Å². The maximum Gasteiger partial charge on any atom is 0.256 e. The monoisotopic (exact) mass is 265 g/mol. The van der Waals surface area contributed by atoms with E-state index in [1.54, 1.807) is 12.3 Å². The summed E-state index contributed by atoms with van der Waals surface area (Å²) in [5, 5.41) is 7.97. The number of hydrogen-bond acceptors (Lipinski definition) is 4. The Labute approximate surface area is 108 Å². The SMILES string of the molecule is Cc1coc(SCc2ccc(F)cc2C(=N)N)n1. The number of nitrogens with zero attached hydrogens (tertiary/aromatic N) is 1. The Hall–Kier alpha value is -1.82. The lowest BCUT2D eigenvalue weighted by molar-refractivity contribution is 0.454. The van der Waals surface area contributed by atoms with Crippen molar-refractivity contribution in [1.82, 2.24) is 4.98 Å². The van der Waals surface area contributed by atoms with Gasteiger partial charge >= 0.3 is 0 Å². The molecule has 0 saturated carbocycles. The van der Waals surface area contributed by atoms with Crippen molar-refractivity contribution in [2.45, 2.75) is 17.9 Å². The van der Waals surface area contributed by atoms with Crippen LogP contribution in [0, 0.1) is 18.2 Å². The number of hydrogen-bond donors (Lipinski definition) is 2. The smallest absolute Gasteiger partial charge is 0.256 e. The summed E-state index contributed by atoms with van der Waals surface area (Å²) in [7, 11) is 0. The number of benzene rings is 1. The molecule has 6 heteroatoms. The van der Waals surface area contributed by atoms with Crippen LogP contribution in [0.5, 0.6) is 0 Å². The number of halogens is 1. The van der Waals surface area contributed by atoms with Crippen molar-refractivity contribution in [3.63, 3.8) is 0 Å². The van der Waals surface area contributed by atoms with Crippen LogP contribution in [0.1, 0.15) is 16.8 Å². The number of oxazole rings is 1. The van der Waals surface area contributed by atoms with Gasteiger partial charge in [0.2, 0.25) is 0 Å². The van der Waals surface area contributed by atoms with Gasteiger partial charge in [0.05, 0.1) is 5.69 Å². The second kappa shape index (κ2) is 5.22. The van der Waals surface area contributed by atoms with Gasteiger partial charge in [0.1, 0.15) is 17.9 Å². The normalized spacial score (nSPS) is 10.6. The van der Waals surface area contributed by atoms with Gasteiger partial charge in [-0.15, -0.1) is 0 Å². The number of rotatable bonds is 4. The summed E-state index contributed by atoms with van der Waals surface area (Å²) in [6.45, 7) is 1.84. The van der Waals surface area contributed by atoms with E-state index in [1.807, 2.05) is 6.92 Å². The summed E-state index contributed by atoms with van der Waals surface area (Å²) >= 11 is 1.38. The van der Waals surface area contributed by atoms with Crippen molar-refractivity contribution in [1.29, 1.82) is 5.41 Å². The third kappa shape index (κ3) is 2.89. The van der Waals surface area contributed by atoms with E-state index in [1.165, 1.54) is 23.9 Å². The van der Waals surface area contributed by atoms with Crippen LogP contribution in [-0.2, 0) is 5.75 Å². The molecule has 0 bridgehead atoms. The van der Waals surface area contributed by atoms with Gasteiger partial charge in [-0.3, -0.25) is 5.41 Å². The van der Waals surface area contributed by atoms with Crippen LogP contribution in [0.3, 0.4) is 0 Å². The molecule has 0 radical (unpaired) electrons. The minimum absolute atomic E-state index is 0.145. The van der Waals surface area contributed by atoms with Crippen molar-refractivity contribution in [3.05, 3.63) is 47.1 Å². The lowest BCUT2D eigenvalue weighted by Crippen LogP contribution is -2.13. The van der Waals surface area contributed by atoms with Crippen LogP contribution in [0.15, 0.2) is 34.1 Å². The molecule has 94 valence electrons. The van der Waals surface area contributed by atoms with E-state index in [9.17, 15) is 4.39 Å². The number of aromatic nitrogens is 1. The van der Waals surface area contributed by atoms with Gasteiger partial charge in [-0.1, -0.05) is 17.8 Å². The van der Waals surface area contributed by atoms with E-state index in [4.69, 9.17) is 15.6 Å². The second-order valence-corrected chi connectivity index (χ2v) is 4.69. The molecular formula is C12H12FN3OS. The molecule has 1 heterocycles. The van der Waals surface area contributed by atoms with Crippen LogP contribution in [0.4, 0.5) is 4.39 Å². The molecule has 1 aromatic heterocycles. The fraction of sp³-hybridized carbons (Fsp3) is 0.167. The van der Waals surface area contributed by atoms with E-state index in [0.717, 1.165) is 11.3 Å². The van der Waals surface area contributed by atoms with E-state index < -0.39 is 5.82 Å². The molecule has 4 nitrogen and oxygen atoms in total. The van der Waals surface area contributed by atoms with Gasteiger partial charge in [0.25, 0.3) is 5.22 Å². The zero-order valence-electron chi connectivity index (χ0n) is 9.74. The summed E-state index contributed by atoms with van der Waals surface area (Å²) < 4.78 is 18.3. The molecule has 0 amide bonds. The number of nitrogens with one attached hydrogen (secondary N) is 1. The zero-order chi connectivity index (χ0) is 13.1. The van der Waals surface area contributed by atoms with Crippen molar-refractivity contribution < 1.29 is 8.81 Å². The molecule has 3 N–H and O–H groups in total. The van der Waals surface area contributed by atoms with E-state index in [0.29, 0.717) is 16.5 Å². The van der Waals surface area contributed by atoms with E-state index in [2.05, 4.69) is 4.98 Å². The molecule has 2 aromatic rings. The van der Waals surface area contributed by atoms with Crippen molar-refractivity contribution >= 4 is 17.6 Å². The van der Waals surface area contributed by atoms with Gasteiger partial charge in [-0.25, -0.2) is 9.37 Å². The first-order valence-corrected chi connectivity index (χ1v) is 6.22. The maximum absolute atomic E-state index is 13.1. The minimum Gasteiger partial charge on any atom is -0.440 e. The predicted octanol–water partition coefficient (Wildman–Crippen LogP) is 2.70. The highest BCUT2D eigenvalue weighted by Crippen LogP contribution is 2.24. The zero-order valence-corrected chi connectivity index (χ0v) is 10.6. The summed E-state index contributed by atoms with van der Waals surface area (Å²) in [5.74, 6) is -0.0237. The topological polar surface area (TPSA) is 75.9 Å². The van der Waals surface area contributed by atoms with Crippen molar-refractivity contribution in [2.75, 3.05) is 0 Å². The minimum atomic E-state index is -0.402. The maximum atomic E-state index is 13.1. The molecule has 0 atom stereocenters. The third-order valence-electron chi connectivity index (χ3n) is 2.31. The summed E-state index contributed by atoms with van der Waals surface area (Å²) in [4.78, 5) is 4.16. The Kier molecular flexibility index (Phi) is 3.66. The highest BCUT2D eigenvalue weighted by Gasteiger charge is 2.09. The number of nitrogen functional groups attached to an aromatic ring is 1. The molecule has 0 aliphatic rings. The van der Waals surface area contributed by atoms with Crippen molar-refractivity contribution in [3.8, 4) is 0 Å². The molecule has 18 heavy (non-hydrogen) atoms. The molecule has 2 rings (SSSR count). The molecule has 0 fully saturated rings. The van der Waals surface area contributed by atoms with Crippen LogP contribution in [-0.4, -0.2) is 10.8 Å². The molecule has 0 aliphatic carbocycles. The van der Waals surface area contributed by atoms with Crippen LogP contribution in [0.25, 0.3) is 0 Å². The van der Waals surface area contributed by atoms with Crippen LogP contribution in [0.2, 0.25) is 0 Å². The van der Waals surface area contributed by atoms with Crippen LogP contribution >= 0.6 is 11.8 Å². The average molecular weight is 265 g/mol. The van der Waals surface area contributed by atoms with E-state index >= 15 is 0 Å². The van der Waals surface area contributed by atoms with Gasteiger partial charge in [-0.05, 0) is 24.6 Å². The van der Waals surface area contributed by atoms with Gasteiger partial charge in [0.15, 0.2) is 0 Å². The van der Waals surface area contributed by atoms with Crippen molar-refractivity contribution in [2.24, 2.45) is 5.73 Å². The van der Waals surface area contributed by atoms with Gasteiger partial charge in [0, 0.05) is 11.3 Å². The highest BCUT2D eigenvalue weighted by atomic mass is 32.2. The van der Waals surface area contributed by atoms with Gasteiger partial charge < -0.3 is 10.2 Å². The standard InChI is InChI=1S/C12H12FN3OS/c1-7-5-17-12(16-7)18-6-8-2-3-9(13)4-10(8)11(14)15/h2-5H,6H2,1H3,(H3,14,15). The molecular weight excluding hydrogens is 253 g/mol. The molecule has 1 aromatic carbocycles. The lowest BCUT2D eigenvalue weighted by atomic mass is 10.1. The average Bonchev–Trinajstić information content (AvgIpc) is 2.73.